The van der Waals surface area contributed by atoms with Crippen LogP contribution in [0.4, 0.5) is 12.9 Å². The van der Waals surface area contributed by atoms with E-state index in [1.54, 1.807) is 29.5 Å². The summed E-state index contributed by atoms with van der Waals surface area (Å²) in [7, 11) is 1.14. The molecule has 0 saturated heterocycles. The Kier molecular flexibility index (Phi) is 7.27. The molecule has 1 rings (SSSR count). The van der Waals surface area contributed by atoms with E-state index < -0.39 is 18.4 Å². The molecule has 0 atom stereocenters. The SMILES string of the molecule is COC(=O)c1cc([B-](F)(F)F)cc(I)c1C.[K+]. The summed E-state index contributed by atoms with van der Waals surface area (Å²) in [6, 6.07) is 1.87. The molecule has 0 aliphatic carbocycles. The first-order chi connectivity index (χ1) is 7.27. The Morgan fingerprint density at radius 1 is 1.35 bits per heavy atom. The molecule has 2 nitrogen and oxygen atoms in total. The van der Waals surface area contributed by atoms with E-state index in [1.807, 2.05) is 0 Å². The fourth-order valence-electron chi connectivity index (χ4n) is 1.21. The topological polar surface area (TPSA) is 26.3 Å². The van der Waals surface area contributed by atoms with Crippen molar-refractivity contribution in [3.05, 3.63) is 26.8 Å². The molecular formula is C9H8BF3IKO2. The third-order valence-corrected chi connectivity index (χ3v) is 3.27. The van der Waals surface area contributed by atoms with Gasteiger partial charge in [-0.05, 0) is 35.1 Å². The monoisotopic (exact) mass is 382 g/mol. The number of ether oxygens (including phenoxy) is 1. The molecule has 0 spiro atoms. The van der Waals surface area contributed by atoms with Crippen LogP contribution in [0.15, 0.2) is 12.1 Å². The van der Waals surface area contributed by atoms with Crippen molar-refractivity contribution in [2.75, 3.05) is 7.11 Å². The molecule has 0 aliphatic heterocycles. The van der Waals surface area contributed by atoms with Gasteiger partial charge in [0.25, 0.3) is 0 Å². The van der Waals surface area contributed by atoms with Crippen molar-refractivity contribution in [3.8, 4) is 0 Å². The minimum absolute atomic E-state index is 0. The molecule has 88 valence electrons. The summed E-state index contributed by atoms with van der Waals surface area (Å²) >= 11 is 1.77. The van der Waals surface area contributed by atoms with Crippen LogP contribution in [-0.2, 0) is 4.74 Å². The van der Waals surface area contributed by atoms with Crippen LogP contribution in [0.1, 0.15) is 15.9 Å². The minimum atomic E-state index is -5.10. The molecule has 0 amide bonds. The maximum Gasteiger partial charge on any atom is 1.00 e. The predicted octanol–water partition coefficient (Wildman–Crippen LogP) is -0.555. The van der Waals surface area contributed by atoms with Crippen molar-refractivity contribution in [1.82, 2.24) is 0 Å². The van der Waals surface area contributed by atoms with Gasteiger partial charge in [0.15, 0.2) is 0 Å². The quantitative estimate of drug-likeness (QED) is 0.390. The first-order valence-corrected chi connectivity index (χ1v) is 5.43. The standard InChI is InChI=1S/C9H8BF3IO2.K/c1-5-7(9(15)16-2)3-6(4-8(5)14)10(11,12)13;/h3-4H,1-2H3;/q-1;+1. The van der Waals surface area contributed by atoms with Crippen LogP contribution in [0.5, 0.6) is 0 Å². The second-order valence-electron chi connectivity index (χ2n) is 3.24. The number of carbonyl (C=O) groups excluding carboxylic acids is 1. The van der Waals surface area contributed by atoms with Gasteiger partial charge in [0.2, 0.25) is 0 Å². The third-order valence-electron chi connectivity index (χ3n) is 2.15. The second-order valence-corrected chi connectivity index (χ2v) is 4.40. The Hall–Kier alpha value is 0.911. The van der Waals surface area contributed by atoms with E-state index in [0.29, 0.717) is 9.13 Å². The average Bonchev–Trinajstić information content (AvgIpc) is 2.19. The van der Waals surface area contributed by atoms with Crippen LogP contribution in [-0.4, -0.2) is 20.1 Å². The van der Waals surface area contributed by atoms with Crippen LogP contribution in [0.2, 0.25) is 0 Å². The van der Waals surface area contributed by atoms with Gasteiger partial charge >= 0.3 is 64.3 Å². The fourth-order valence-corrected chi connectivity index (χ4v) is 1.86. The van der Waals surface area contributed by atoms with Gasteiger partial charge in [0.05, 0.1) is 12.7 Å². The van der Waals surface area contributed by atoms with Gasteiger partial charge in [-0.2, -0.15) is 0 Å². The number of carbonyl (C=O) groups is 1. The first-order valence-electron chi connectivity index (χ1n) is 4.35. The molecule has 0 saturated carbocycles. The summed E-state index contributed by atoms with van der Waals surface area (Å²) < 4.78 is 42.5. The van der Waals surface area contributed by atoms with Crippen molar-refractivity contribution in [2.45, 2.75) is 6.92 Å². The summed E-state index contributed by atoms with van der Waals surface area (Å²) in [5.74, 6) is -0.752. The summed E-state index contributed by atoms with van der Waals surface area (Å²) in [5.41, 5.74) is -0.324. The van der Waals surface area contributed by atoms with Crippen LogP contribution in [0.25, 0.3) is 0 Å². The number of halogens is 4. The van der Waals surface area contributed by atoms with E-state index in [0.717, 1.165) is 19.2 Å². The number of esters is 1. The van der Waals surface area contributed by atoms with E-state index in [4.69, 9.17) is 0 Å². The molecule has 0 unspecified atom stereocenters. The molecule has 1 aromatic rings. The van der Waals surface area contributed by atoms with Crippen LogP contribution in [0, 0.1) is 10.5 Å². The summed E-state index contributed by atoms with van der Waals surface area (Å²) in [5, 5.41) is 0. The fraction of sp³-hybridized carbons (Fsp3) is 0.222. The zero-order valence-corrected chi connectivity index (χ0v) is 14.8. The molecule has 8 heteroatoms. The van der Waals surface area contributed by atoms with Crippen LogP contribution >= 0.6 is 22.6 Å². The van der Waals surface area contributed by atoms with Crippen molar-refractivity contribution >= 4 is 41.0 Å². The van der Waals surface area contributed by atoms with Gasteiger partial charge in [0, 0.05) is 3.57 Å². The van der Waals surface area contributed by atoms with Crippen LogP contribution < -0.4 is 56.8 Å². The molecule has 0 N–H and O–H groups in total. The van der Waals surface area contributed by atoms with Gasteiger partial charge in [-0.25, -0.2) is 4.79 Å². The molecule has 0 heterocycles. The van der Waals surface area contributed by atoms with Gasteiger partial charge < -0.3 is 17.7 Å². The maximum absolute atomic E-state index is 12.6. The van der Waals surface area contributed by atoms with E-state index in [9.17, 15) is 17.7 Å². The predicted molar refractivity (Wildman–Crippen MR) is 63.9 cm³/mol. The Morgan fingerprint density at radius 2 is 1.88 bits per heavy atom. The number of benzene rings is 1. The van der Waals surface area contributed by atoms with E-state index in [1.165, 1.54) is 0 Å². The average molecular weight is 382 g/mol. The Morgan fingerprint density at radius 3 is 2.29 bits per heavy atom. The number of methoxy groups -OCH3 is 1. The zero-order valence-electron chi connectivity index (χ0n) is 9.56. The molecule has 0 fully saturated rings. The molecule has 0 aliphatic rings. The van der Waals surface area contributed by atoms with Gasteiger partial charge in [-0.15, -0.1) is 5.46 Å². The number of hydrogen-bond acceptors (Lipinski definition) is 2. The van der Waals surface area contributed by atoms with Gasteiger partial charge in [-0.1, -0.05) is 12.1 Å². The first kappa shape index (κ1) is 17.9. The van der Waals surface area contributed by atoms with Crippen molar-refractivity contribution in [2.24, 2.45) is 0 Å². The van der Waals surface area contributed by atoms with Gasteiger partial charge in [0.1, 0.15) is 0 Å². The summed E-state index contributed by atoms with van der Waals surface area (Å²) in [6.45, 7) is -3.52. The molecule has 0 bridgehead atoms. The van der Waals surface area contributed by atoms with Crippen molar-refractivity contribution in [3.63, 3.8) is 0 Å². The number of rotatable bonds is 2. The van der Waals surface area contributed by atoms with E-state index >= 15 is 0 Å². The Labute approximate surface area is 153 Å². The molecule has 0 radical (unpaired) electrons. The van der Waals surface area contributed by atoms with Gasteiger partial charge in [-0.3, -0.25) is 0 Å². The molecule has 0 aromatic heterocycles. The second kappa shape index (κ2) is 6.90. The van der Waals surface area contributed by atoms with Crippen molar-refractivity contribution in [1.29, 1.82) is 0 Å². The Bertz CT molecular complexity index is 437. The summed E-state index contributed by atoms with van der Waals surface area (Å²) in [4.78, 5) is 11.3. The summed E-state index contributed by atoms with van der Waals surface area (Å²) in [6.07, 6.45) is 0. The van der Waals surface area contributed by atoms with E-state index in [2.05, 4.69) is 4.74 Å². The molecular weight excluding hydrogens is 374 g/mol. The van der Waals surface area contributed by atoms with Crippen LogP contribution in [0.3, 0.4) is 0 Å². The minimum Gasteiger partial charge on any atom is -0.465 e. The third kappa shape index (κ3) is 4.50. The molecule has 1 aromatic carbocycles. The maximum atomic E-state index is 12.6. The molecule has 17 heavy (non-hydrogen) atoms. The smallest absolute Gasteiger partial charge is 0.465 e. The Balaban J connectivity index is 0.00000256. The van der Waals surface area contributed by atoms with Crippen molar-refractivity contribution < 1.29 is 73.9 Å². The normalized spacial score (nSPS) is 10.7. The zero-order chi connectivity index (χ0) is 12.5. The number of hydrogen-bond donors (Lipinski definition) is 0. The largest absolute Gasteiger partial charge is 1.00 e. The van der Waals surface area contributed by atoms with E-state index in [-0.39, 0.29) is 56.9 Å².